The third-order valence-electron chi connectivity index (χ3n) is 2.99. The molecule has 3 heteroatoms. The first kappa shape index (κ1) is 11.8. The Hall–Kier alpha value is -1.64. The Labute approximate surface area is 102 Å². The lowest BCUT2D eigenvalue weighted by atomic mass is 9.85. The van der Waals surface area contributed by atoms with E-state index >= 15 is 0 Å². The van der Waals surface area contributed by atoms with Crippen molar-refractivity contribution in [2.45, 2.75) is 33.2 Å². The maximum absolute atomic E-state index is 11.5. The molecule has 1 aromatic carbocycles. The first-order valence-electron chi connectivity index (χ1n) is 5.89. The minimum absolute atomic E-state index is 0.0305. The summed E-state index contributed by atoms with van der Waals surface area (Å²) < 4.78 is 1.82. The number of benzene rings is 1. The molecule has 0 aliphatic carbocycles. The topological polar surface area (TPSA) is 38.4 Å². The third kappa shape index (κ3) is 2.73. The predicted octanol–water partition coefficient (Wildman–Crippen LogP) is 1.61. The van der Waals surface area contributed by atoms with Gasteiger partial charge in [0.1, 0.15) is 0 Å². The Morgan fingerprint density at radius 3 is 2.53 bits per heavy atom. The smallest absolute Gasteiger partial charge is 0.203 e. The van der Waals surface area contributed by atoms with E-state index in [1.807, 2.05) is 41.2 Å². The molecule has 1 aliphatic rings. The predicted molar refractivity (Wildman–Crippen MR) is 67.2 cm³/mol. The van der Waals surface area contributed by atoms with Gasteiger partial charge in [-0.2, -0.15) is 0 Å². The zero-order chi connectivity index (χ0) is 12.5. The van der Waals surface area contributed by atoms with Crippen LogP contribution in [0.3, 0.4) is 0 Å². The van der Waals surface area contributed by atoms with Crippen molar-refractivity contribution in [3.05, 3.63) is 35.9 Å². The minimum Gasteiger partial charge on any atom is -0.857 e. The van der Waals surface area contributed by atoms with E-state index in [0.717, 1.165) is 5.56 Å². The molecule has 1 unspecified atom stereocenters. The maximum atomic E-state index is 11.5. The summed E-state index contributed by atoms with van der Waals surface area (Å²) in [6.07, 6.45) is 2.45. The zero-order valence-electron chi connectivity index (χ0n) is 10.6. The number of hydrogen-bond acceptors (Lipinski definition) is 2. The quantitative estimate of drug-likeness (QED) is 0.675. The fraction of sp³-hybridized carbons (Fsp3) is 0.429. The summed E-state index contributed by atoms with van der Waals surface area (Å²) in [5.41, 5.74) is 1.11. The van der Waals surface area contributed by atoms with Crippen molar-refractivity contribution in [3.63, 3.8) is 0 Å². The Bertz CT molecular complexity index is 455. The number of rotatable bonds is 1. The lowest BCUT2D eigenvalue weighted by Crippen LogP contribution is -2.34. The first-order valence-corrected chi connectivity index (χ1v) is 5.89. The zero-order valence-corrected chi connectivity index (χ0v) is 10.6. The highest BCUT2D eigenvalue weighted by molar-refractivity contribution is 5.77. The van der Waals surface area contributed by atoms with Crippen molar-refractivity contribution in [3.8, 4) is 0 Å². The fourth-order valence-electron chi connectivity index (χ4n) is 2.01. The maximum Gasteiger partial charge on any atom is 0.203 e. The van der Waals surface area contributed by atoms with Crippen LogP contribution < -0.4 is 5.11 Å². The molecule has 2 rings (SSSR count). The highest BCUT2D eigenvalue weighted by atomic mass is 16.3. The van der Waals surface area contributed by atoms with Crippen molar-refractivity contribution >= 4 is 12.1 Å². The lowest BCUT2D eigenvalue weighted by Gasteiger charge is -2.21. The van der Waals surface area contributed by atoms with Gasteiger partial charge >= 0.3 is 0 Å². The Balaban J connectivity index is 2.33. The molecule has 90 valence electrons. The molecule has 1 atom stereocenters. The van der Waals surface area contributed by atoms with Gasteiger partial charge in [0.2, 0.25) is 6.21 Å². The van der Waals surface area contributed by atoms with Gasteiger partial charge in [0.25, 0.3) is 0 Å². The van der Waals surface area contributed by atoms with E-state index in [9.17, 15) is 5.11 Å². The molecule has 0 N–H and O–H groups in total. The molecule has 0 spiro atoms. The molecule has 0 radical (unpaired) electrons. The average molecular weight is 230 g/mol. The van der Waals surface area contributed by atoms with Crippen molar-refractivity contribution in [2.75, 3.05) is 0 Å². The second-order valence-corrected chi connectivity index (χ2v) is 5.50. The molecular formula is C14H18N2O. The second kappa shape index (κ2) is 4.32. The highest BCUT2D eigenvalue weighted by Gasteiger charge is 2.38. The average Bonchev–Trinajstić information content (AvgIpc) is 2.60. The molecule has 17 heavy (non-hydrogen) atoms. The SMILES string of the molecule is CC(C)(C)C1CC([O-])=N/[N+]1=C\c1ccccc1. The molecule has 1 aliphatic heterocycles. The molecule has 1 heterocycles. The molecule has 0 bridgehead atoms. The van der Waals surface area contributed by atoms with Crippen LogP contribution in [0.2, 0.25) is 0 Å². The second-order valence-electron chi connectivity index (χ2n) is 5.50. The van der Waals surface area contributed by atoms with E-state index < -0.39 is 0 Å². The van der Waals surface area contributed by atoms with Crippen molar-refractivity contribution in [1.29, 1.82) is 0 Å². The van der Waals surface area contributed by atoms with Gasteiger partial charge in [-0.15, -0.1) is 0 Å². The number of nitrogens with zero attached hydrogens (tertiary/aromatic N) is 2. The minimum atomic E-state index is -0.0305. The first-order chi connectivity index (χ1) is 7.97. The van der Waals surface area contributed by atoms with Gasteiger partial charge in [-0.25, -0.2) is 0 Å². The van der Waals surface area contributed by atoms with Crippen molar-refractivity contribution < 1.29 is 9.79 Å². The lowest BCUT2D eigenvalue weighted by molar-refractivity contribution is -0.572. The summed E-state index contributed by atoms with van der Waals surface area (Å²) in [6, 6.07) is 10.1. The van der Waals surface area contributed by atoms with Gasteiger partial charge in [-0.05, 0) is 17.2 Å². The number of hydrazone groups is 1. The van der Waals surface area contributed by atoms with Crippen molar-refractivity contribution in [2.24, 2.45) is 10.5 Å². The van der Waals surface area contributed by atoms with Crippen LogP contribution in [-0.2, 0) is 0 Å². The molecule has 0 aromatic heterocycles. The molecule has 0 saturated heterocycles. The van der Waals surface area contributed by atoms with Crippen LogP contribution in [0.5, 0.6) is 0 Å². The number of hydrogen-bond donors (Lipinski definition) is 0. The molecule has 3 nitrogen and oxygen atoms in total. The van der Waals surface area contributed by atoms with Gasteiger partial charge in [0.15, 0.2) is 6.04 Å². The van der Waals surface area contributed by atoms with Crippen LogP contribution in [0, 0.1) is 5.41 Å². The van der Waals surface area contributed by atoms with Gasteiger partial charge in [-0.3, -0.25) is 0 Å². The van der Waals surface area contributed by atoms with E-state index in [4.69, 9.17) is 0 Å². The summed E-state index contributed by atoms with van der Waals surface area (Å²) in [7, 11) is 0. The van der Waals surface area contributed by atoms with Crippen LogP contribution in [0.15, 0.2) is 35.4 Å². The standard InChI is InChI=1S/C14H18N2O/c1-14(2,3)12-9-13(17)15-16(12)10-11-7-5-4-6-8-11/h4-8,10,12H,9H2,1-3H3/b16-10-. The van der Waals surface area contributed by atoms with E-state index in [0.29, 0.717) is 6.42 Å². The third-order valence-corrected chi connectivity index (χ3v) is 2.99. The van der Waals surface area contributed by atoms with Crippen molar-refractivity contribution in [1.82, 2.24) is 0 Å². The van der Waals surface area contributed by atoms with Crippen LogP contribution in [0.4, 0.5) is 0 Å². The van der Waals surface area contributed by atoms with Gasteiger partial charge < -0.3 is 5.11 Å². The molecular weight excluding hydrogens is 212 g/mol. The normalized spacial score (nSPS) is 22.9. The molecule has 0 saturated carbocycles. The van der Waals surface area contributed by atoms with Gasteiger partial charge in [0.05, 0.1) is 0 Å². The van der Waals surface area contributed by atoms with E-state index in [2.05, 4.69) is 25.9 Å². The molecule has 1 aromatic rings. The van der Waals surface area contributed by atoms with Crippen LogP contribution >= 0.6 is 0 Å². The summed E-state index contributed by atoms with van der Waals surface area (Å²) in [5, 5.41) is 15.5. The van der Waals surface area contributed by atoms with Gasteiger partial charge in [0, 0.05) is 23.3 Å². The summed E-state index contributed by atoms with van der Waals surface area (Å²) in [4.78, 5) is 0. The Morgan fingerprint density at radius 1 is 1.29 bits per heavy atom. The highest BCUT2D eigenvalue weighted by Crippen LogP contribution is 2.27. The van der Waals surface area contributed by atoms with E-state index in [1.165, 1.54) is 0 Å². The van der Waals surface area contributed by atoms with E-state index in [1.54, 1.807) is 0 Å². The monoisotopic (exact) mass is 230 g/mol. The summed E-state index contributed by atoms with van der Waals surface area (Å²) >= 11 is 0. The Morgan fingerprint density at radius 2 is 1.94 bits per heavy atom. The largest absolute Gasteiger partial charge is 0.857 e. The van der Waals surface area contributed by atoms with Crippen LogP contribution in [0.25, 0.3) is 0 Å². The molecule has 0 fully saturated rings. The Kier molecular flexibility index (Phi) is 3.01. The van der Waals surface area contributed by atoms with Crippen LogP contribution in [-0.4, -0.2) is 22.8 Å². The fourth-order valence-corrected chi connectivity index (χ4v) is 2.01. The van der Waals surface area contributed by atoms with E-state index in [-0.39, 0.29) is 17.4 Å². The van der Waals surface area contributed by atoms with Crippen LogP contribution in [0.1, 0.15) is 32.8 Å². The summed E-state index contributed by atoms with van der Waals surface area (Å²) in [6.45, 7) is 6.41. The molecule has 0 amide bonds. The van der Waals surface area contributed by atoms with Gasteiger partial charge in [-0.1, -0.05) is 43.7 Å². The summed E-state index contributed by atoms with van der Waals surface area (Å²) in [5.74, 6) is -0.0305.